The van der Waals surface area contributed by atoms with Crippen LogP contribution in [-0.2, 0) is 4.74 Å². The molecule has 17 heavy (non-hydrogen) atoms. The Kier molecular flexibility index (Phi) is 6.34. The first-order chi connectivity index (χ1) is 8.15. The molecule has 1 N–H and O–H groups in total. The lowest BCUT2D eigenvalue weighted by atomic mass is 10.00. The fraction of sp³-hybridized carbons (Fsp3) is 0.923. The molecule has 0 aromatic heterocycles. The predicted octanol–water partition coefficient (Wildman–Crippen LogP) is 2.39. The van der Waals surface area contributed by atoms with Crippen LogP contribution in [0.2, 0.25) is 0 Å². The molecule has 0 aromatic carbocycles. The zero-order valence-corrected chi connectivity index (χ0v) is 11.4. The summed E-state index contributed by atoms with van der Waals surface area (Å²) in [4.78, 5) is 13.9. The van der Waals surface area contributed by atoms with Crippen molar-refractivity contribution in [3.8, 4) is 0 Å². The van der Waals surface area contributed by atoms with E-state index in [1.54, 1.807) is 0 Å². The zero-order chi connectivity index (χ0) is 12.7. The number of ether oxygens (including phenoxy) is 1. The van der Waals surface area contributed by atoms with Crippen LogP contribution in [0.5, 0.6) is 0 Å². The summed E-state index contributed by atoms with van der Waals surface area (Å²) in [5, 5.41) is 2.89. The van der Waals surface area contributed by atoms with Crippen LogP contribution >= 0.6 is 0 Å². The average molecular weight is 242 g/mol. The number of hydrogen-bond donors (Lipinski definition) is 1. The van der Waals surface area contributed by atoms with Gasteiger partial charge in [-0.05, 0) is 46.5 Å². The van der Waals surface area contributed by atoms with Crippen LogP contribution in [0.25, 0.3) is 0 Å². The lowest BCUT2D eigenvalue weighted by Crippen LogP contribution is -2.49. The number of hydrogen-bond acceptors (Lipinski definition) is 2. The molecule has 1 saturated heterocycles. The Morgan fingerprint density at radius 2 is 2.24 bits per heavy atom. The van der Waals surface area contributed by atoms with Crippen LogP contribution in [0.4, 0.5) is 4.79 Å². The van der Waals surface area contributed by atoms with E-state index in [1.165, 1.54) is 6.42 Å². The highest BCUT2D eigenvalue weighted by Gasteiger charge is 2.25. The van der Waals surface area contributed by atoms with E-state index in [0.717, 1.165) is 32.4 Å². The van der Waals surface area contributed by atoms with Crippen molar-refractivity contribution < 1.29 is 9.53 Å². The van der Waals surface area contributed by atoms with Gasteiger partial charge in [-0.3, -0.25) is 0 Å². The summed E-state index contributed by atoms with van der Waals surface area (Å²) in [5.74, 6) is 0. The fourth-order valence-electron chi connectivity index (χ4n) is 2.26. The summed E-state index contributed by atoms with van der Waals surface area (Å²) >= 11 is 0. The maximum absolute atomic E-state index is 11.9. The standard InChI is InChI=1S/C13H26N2O2/c1-4-14-13(16)15-9-6-5-7-12(15)8-10-17-11(2)3/h11-12H,4-10H2,1-3H3,(H,14,16). The van der Waals surface area contributed by atoms with Crippen LogP contribution in [0.1, 0.15) is 46.5 Å². The molecular weight excluding hydrogens is 216 g/mol. The Labute approximate surface area is 105 Å². The van der Waals surface area contributed by atoms with Crippen molar-refractivity contribution in [2.45, 2.75) is 58.6 Å². The second kappa shape index (κ2) is 7.54. The van der Waals surface area contributed by atoms with E-state index in [1.807, 2.05) is 25.7 Å². The van der Waals surface area contributed by atoms with E-state index in [-0.39, 0.29) is 12.1 Å². The lowest BCUT2D eigenvalue weighted by molar-refractivity contribution is 0.0554. The Balaban J connectivity index is 2.39. The van der Waals surface area contributed by atoms with Crippen molar-refractivity contribution in [2.75, 3.05) is 19.7 Å². The number of nitrogens with zero attached hydrogens (tertiary/aromatic N) is 1. The molecule has 2 amide bonds. The topological polar surface area (TPSA) is 41.6 Å². The molecule has 4 nitrogen and oxygen atoms in total. The molecule has 1 fully saturated rings. The van der Waals surface area contributed by atoms with Gasteiger partial charge in [-0.1, -0.05) is 0 Å². The van der Waals surface area contributed by atoms with Gasteiger partial charge in [0.15, 0.2) is 0 Å². The fourth-order valence-corrected chi connectivity index (χ4v) is 2.26. The molecule has 1 atom stereocenters. The van der Waals surface area contributed by atoms with E-state index in [2.05, 4.69) is 5.32 Å². The van der Waals surface area contributed by atoms with Gasteiger partial charge in [0.05, 0.1) is 6.10 Å². The van der Waals surface area contributed by atoms with E-state index < -0.39 is 0 Å². The molecule has 0 aromatic rings. The van der Waals surface area contributed by atoms with Gasteiger partial charge in [0.1, 0.15) is 0 Å². The van der Waals surface area contributed by atoms with Gasteiger partial charge < -0.3 is 15.0 Å². The van der Waals surface area contributed by atoms with Crippen LogP contribution in [-0.4, -0.2) is 42.8 Å². The smallest absolute Gasteiger partial charge is 0.317 e. The number of carbonyl (C=O) groups is 1. The van der Waals surface area contributed by atoms with Gasteiger partial charge in [0.2, 0.25) is 0 Å². The quantitative estimate of drug-likeness (QED) is 0.804. The van der Waals surface area contributed by atoms with Crippen molar-refractivity contribution in [2.24, 2.45) is 0 Å². The molecule has 1 aliphatic heterocycles. The monoisotopic (exact) mass is 242 g/mol. The predicted molar refractivity (Wildman–Crippen MR) is 69.1 cm³/mol. The maximum atomic E-state index is 11.9. The number of nitrogens with one attached hydrogen (secondary N) is 1. The summed E-state index contributed by atoms with van der Waals surface area (Å²) in [6, 6.07) is 0.441. The minimum atomic E-state index is 0.0850. The van der Waals surface area contributed by atoms with E-state index in [9.17, 15) is 4.79 Å². The van der Waals surface area contributed by atoms with Crippen LogP contribution in [0.15, 0.2) is 0 Å². The minimum absolute atomic E-state index is 0.0850. The van der Waals surface area contributed by atoms with Crippen molar-refractivity contribution in [3.63, 3.8) is 0 Å². The zero-order valence-electron chi connectivity index (χ0n) is 11.4. The van der Waals surface area contributed by atoms with Crippen LogP contribution in [0, 0.1) is 0 Å². The summed E-state index contributed by atoms with van der Waals surface area (Å²) in [7, 11) is 0. The average Bonchev–Trinajstić information content (AvgIpc) is 2.29. The summed E-state index contributed by atoms with van der Waals surface area (Å²) in [6.07, 6.45) is 4.69. The van der Waals surface area contributed by atoms with Crippen molar-refractivity contribution in [1.82, 2.24) is 10.2 Å². The SMILES string of the molecule is CCNC(=O)N1CCCCC1CCOC(C)C. The first-order valence-electron chi connectivity index (χ1n) is 6.81. The molecule has 0 saturated carbocycles. The molecule has 0 bridgehead atoms. The third-order valence-electron chi connectivity index (χ3n) is 3.12. The lowest BCUT2D eigenvalue weighted by Gasteiger charge is -2.35. The molecular formula is C13H26N2O2. The van der Waals surface area contributed by atoms with Crippen molar-refractivity contribution in [1.29, 1.82) is 0 Å². The van der Waals surface area contributed by atoms with E-state index in [0.29, 0.717) is 12.6 Å². The van der Waals surface area contributed by atoms with Gasteiger partial charge in [-0.15, -0.1) is 0 Å². The van der Waals surface area contributed by atoms with Gasteiger partial charge in [-0.2, -0.15) is 0 Å². The summed E-state index contributed by atoms with van der Waals surface area (Å²) in [5.41, 5.74) is 0. The molecule has 0 spiro atoms. The summed E-state index contributed by atoms with van der Waals surface area (Å²) < 4.78 is 5.57. The third-order valence-corrected chi connectivity index (χ3v) is 3.12. The van der Waals surface area contributed by atoms with Crippen molar-refractivity contribution in [3.05, 3.63) is 0 Å². The Bertz CT molecular complexity index is 231. The number of piperidine rings is 1. The van der Waals surface area contributed by atoms with Gasteiger partial charge >= 0.3 is 6.03 Å². The molecule has 100 valence electrons. The van der Waals surface area contributed by atoms with Crippen LogP contribution in [0.3, 0.4) is 0 Å². The molecule has 1 aliphatic rings. The largest absolute Gasteiger partial charge is 0.379 e. The first kappa shape index (κ1) is 14.3. The number of amides is 2. The summed E-state index contributed by atoms with van der Waals surface area (Å²) in [6.45, 7) is 8.38. The van der Waals surface area contributed by atoms with Gasteiger partial charge in [0, 0.05) is 25.7 Å². The number of urea groups is 1. The highest BCUT2D eigenvalue weighted by molar-refractivity contribution is 5.74. The second-order valence-corrected chi connectivity index (χ2v) is 4.89. The van der Waals surface area contributed by atoms with Gasteiger partial charge in [0.25, 0.3) is 0 Å². The van der Waals surface area contributed by atoms with Gasteiger partial charge in [-0.25, -0.2) is 4.79 Å². The van der Waals surface area contributed by atoms with Crippen LogP contribution < -0.4 is 5.32 Å². The minimum Gasteiger partial charge on any atom is -0.379 e. The third kappa shape index (κ3) is 4.94. The molecule has 4 heteroatoms. The Morgan fingerprint density at radius 3 is 2.88 bits per heavy atom. The molecule has 1 rings (SSSR count). The van der Waals surface area contributed by atoms with Crippen molar-refractivity contribution >= 4 is 6.03 Å². The number of likely N-dealkylation sites (tertiary alicyclic amines) is 1. The van der Waals surface area contributed by atoms with E-state index in [4.69, 9.17) is 4.74 Å². The molecule has 0 aliphatic carbocycles. The Hall–Kier alpha value is -0.770. The first-order valence-corrected chi connectivity index (χ1v) is 6.81. The molecule has 1 heterocycles. The number of rotatable bonds is 5. The normalized spacial score (nSPS) is 20.7. The Morgan fingerprint density at radius 1 is 1.47 bits per heavy atom. The second-order valence-electron chi connectivity index (χ2n) is 4.89. The molecule has 0 radical (unpaired) electrons. The molecule has 1 unspecified atom stereocenters. The highest BCUT2D eigenvalue weighted by Crippen LogP contribution is 2.19. The highest BCUT2D eigenvalue weighted by atomic mass is 16.5. The maximum Gasteiger partial charge on any atom is 0.317 e. The number of carbonyl (C=O) groups excluding carboxylic acids is 1. The van der Waals surface area contributed by atoms with E-state index >= 15 is 0 Å².